The molecule has 3 heterocycles. The molecule has 0 saturated heterocycles. The summed E-state index contributed by atoms with van der Waals surface area (Å²) in [6.45, 7) is 4.00. The number of benzene rings is 1. The van der Waals surface area contributed by atoms with Crippen molar-refractivity contribution in [2.24, 2.45) is 0 Å². The van der Waals surface area contributed by atoms with Gasteiger partial charge in [0.25, 0.3) is 5.91 Å². The molecule has 0 aliphatic rings. The predicted molar refractivity (Wildman–Crippen MR) is 96.5 cm³/mol. The summed E-state index contributed by atoms with van der Waals surface area (Å²) in [6, 6.07) is 9.62. The van der Waals surface area contributed by atoms with Crippen molar-refractivity contribution in [2.45, 2.75) is 20.3 Å². The van der Waals surface area contributed by atoms with E-state index in [4.69, 9.17) is 0 Å². The Morgan fingerprint density at radius 1 is 1.29 bits per heavy atom. The fraction of sp³-hybridized carbons (Fsp3) is 0.167. The second-order valence-electron chi connectivity index (χ2n) is 5.70. The first-order valence-corrected chi connectivity index (χ1v) is 8.53. The number of fused-ring (bicyclic) bond motifs is 2. The van der Waals surface area contributed by atoms with E-state index in [0.29, 0.717) is 12.1 Å². The standard InChI is InChI=1S/C18H15BrN4O/c1-3-13-16(22-9-12(19)8-11(2)17(22)21-13)18(24)23-10-20-14-6-4-5-7-15(14)23/h4-10H,3H2,1-2H3. The molecular formula is C18H15BrN4O. The first-order valence-electron chi connectivity index (χ1n) is 7.74. The smallest absolute Gasteiger partial charge is 0.282 e. The van der Waals surface area contributed by atoms with Gasteiger partial charge in [0.1, 0.15) is 17.7 Å². The van der Waals surface area contributed by atoms with Crippen LogP contribution in [0.4, 0.5) is 0 Å². The lowest BCUT2D eigenvalue weighted by Crippen LogP contribution is -2.15. The second kappa shape index (κ2) is 5.56. The number of halogens is 1. The minimum Gasteiger partial charge on any atom is -0.294 e. The fourth-order valence-electron chi connectivity index (χ4n) is 3.02. The van der Waals surface area contributed by atoms with Crippen LogP contribution in [0.25, 0.3) is 16.7 Å². The highest BCUT2D eigenvalue weighted by atomic mass is 79.9. The zero-order valence-corrected chi connectivity index (χ0v) is 14.9. The Labute approximate surface area is 147 Å². The number of para-hydroxylation sites is 2. The third-order valence-electron chi connectivity index (χ3n) is 4.15. The summed E-state index contributed by atoms with van der Waals surface area (Å²) in [5.74, 6) is -0.120. The summed E-state index contributed by atoms with van der Waals surface area (Å²) in [4.78, 5) is 22.2. The van der Waals surface area contributed by atoms with Gasteiger partial charge in [0, 0.05) is 10.7 Å². The largest absolute Gasteiger partial charge is 0.294 e. The first kappa shape index (κ1) is 15.1. The van der Waals surface area contributed by atoms with Gasteiger partial charge in [0.05, 0.1) is 16.7 Å². The van der Waals surface area contributed by atoms with Gasteiger partial charge in [0.2, 0.25) is 0 Å². The zero-order valence-electron chi connectivity index (χ0n) is 13.3. The van der Waals surface area contributed by atoms with Gasteiger partial charge in [-0.1, -0.05) is 19.1 Å². The van der Waals surface area contributed by atoms with E-state index in [1.165, 1.54) is 0 Å². The van der Waals surface area contributed by atoms with Crippen LogP contribution in [-0.2, 0) is 6.42 Å². The lowest BCUT2D eigenvalue weighted by molar-refractivity contribution is 0.0957. The Morgan fingerprint density at radius 2 is 2.08 bits per heavy atom. The molecule has 5 nitrogen and oxygen atoms in total. The maximum absolute atomic E-state index is 13.2. The summed E-state index contributed by atoms with van der Waals surface area (Å²) in [6.07, 6.45) is 4.16. The molecular weight excluding hydrogens is 368 g/mol. The van der Waals surface area contributed by atoms with Crippen molar-refractivity contribution in [1.82, 2.24) is 18.9 Å². The molecule has 0 saturated carbocycles. The third-order valence-corrected chi connectivity index (χ3v) is 4.59. The summed E-state index contributed by atoms with van der Waals surface area (Å²) >= 11 is 3.51. The minimum atomic E-state index is -0.120. The third kappa shape index (κ3) is 2.17. The molecule has 120 valence electrons. The normalized spacial score (nSPS) is 11.5. The molecule has 0 aliphatic carbocycles. The number of carbonyl (C=O) groups is 1. The molecule has 6 heteroatoms. The number of rotatable bonds is 2. The van der Waals surface area contributed by atoms with E-state index in [9.17, 15) is 4.79 Å². The van der Waals surface area contributed by atoms with Gasteiger partial charge in [0.15, 0.2) is 0 Å². The highest BCUT2D eigenvalue weighted by Gasteiger charge is 2.22. The van der Waals surface area contributed by atoms with E-state index < -0.39 is 0 Å². The summed E-state index contributed by atoms with van der Waals surface area (Å²) in [5, 5.41) is 0. The topological polar surface area (TPSA) is 52.2 Å². The summed E-state index contributed by atoms with van der Waals surface area (Å²) in [7, 11) is 0. The van der Waals surface area contributed by atoms with Crippen LogP contribution in [0.2, 0.25) is 0 Å². The van der Waals surface area contributed by atoms with Crippen molar-refractivity contribution in [3.05, 3.63) is 64.3 Å². The van der Waals surface area contributed by atoms with Crippen molar-refractivity contribution in [3.63, 3.8) is 0 Å². The van der Waals surface area contributed by atoms with Gasteiger partial charge in [-0.25, -0.2) is 9.97 Å². The van der Waals surface area contributed by atoms with Crippen LogP contribution >= 0.6 is 15.9 Å². The van der Waals surface area contributed by atoms with Crippen molar-refractivity contribution in [3.8, 4) is 0 Å². The Balaban J connectivity index is 2.00. The van der Waals surface area contributed by atoms with Crippen LogP contribution in [0.1, 0.15) is 28.7 Å². The van der Waals surface area contributed by atoms with Crippen molar-refractivity contribution in [2.75, 3.05) is 0 Å². The molecule has 0 bridgehead atoms. The quantitative estimate of drug-likeness (QED) is 0.526. The lowest BCUT2D eigenvalue weighted by atomic mass is 10.2. The number of pyridine rings is 1. The van der Waals surface area contributed by atoms with Gasteiger partial charge >= 0.3 is 0 Å². The van der Waals surface area contributed by atoms with Gasteiger partial charge < -0.3 is 0 Å². The molecule has 24 heavy (non-hydrogen) atoms. The molecule has 0 fully saturated rings. The van der Waals surface area contributed by atoms with Crippen LogP contribution in [-0.4, -0.2) is 24.8 Å². The number of carbonyl (C=O) groups excluding carboxylic acids is 1. The molecule has 0 atom stereocenters. The van der Waals surface area contributed by atoms with Gasteiger partial charge in [-0.3, -0.25) is 13.8 Å². The first-order chi connectivity index (χ1) is 11.6. The van der Waals surface area contributed by atoms with E-state index in [1.807, 2.05) is 54.8 Å². The highest BCUT2D eigenvalue weighted by Crippen LogP contribution is 2.23. The summed E-state index contributed by atoms with van der Waals surface area (Å²) < 4.78 is 4.38. The number of aromatic nitrogens is 4. The van der Waals surface area contributed by atoms with Crippen LogP contribution < -0.4 is 0 Å². The van der Waals surface area contributed by atoms with Crippen LogP contribution in [0, 0.1) is 6.92 Å². The van der Waals surface area contributed by atoms with Crippen molar-refractivity contribution >= 4 is 38.5 Å². The molecule has 0 aliphatic heterocycles. The number of hydrogen-bond acceptors (Lipinski definition) is 3. The van der Waals surface area contributed by atoms with Crippen molar-refractivity contribution < 1.29 is 4.79 Å². The maximum atomic E-state index is 13.2. The molecule has 0 N–H and O–H groups in total. The van der Waals surface area contributed by atoms with Gasteiger partial charge in [-0.15, -0.1) is 0 Å². The van der Waals surface area contributed by atoms with Crippen molar-refractivity contribution in [1.29, 1.82) is 0 Å². The molecule has 0 radical (unpaired) electrons. The predicted octanol–water partition coefficient (Wildman–Crippen LogP) is 4.01. The fourth-order valence-corrected chi connectivity index (χ4v) is 3.57. The zero-order chi connectivity index (χ0) is 16.8. The van der Waals surface area contributed by atoms with E-state index in [1.54, 1.807) is 10.9 Å². The molecule has 0 unspecified atom stereocenters. The maximum Gasteiger partial charge on any atom is 0.282 e. The van der Waals surface area contributed by atoms with E-state index in [2.05, 4.69) is 25.9 Å². The monoisotopic (exact) mass is 382 g/mol. The SMILES string of the molecule is CCc1nc2c(C)cc(Br)cn2c1C(=O)n1cnc2ccccc21. The average molecular weight is 383 g/mol. The highest BCUT2D eigenvalue weighted by molar-refractivity contribution is 9.10. The van der Waals surface area contributed by atoms with Crippen LogP contribution in [0.15, 0.2) is 47.3 Å². The van der Waals surface area contributed by atoms with Gasteiger partial charge in [-0.05, 0) is 53.0 Å². The molecule has 3 aromatic heterocycles. The number of imidazole rings is 2. The van der Waals surface area contributed by atoms with E-state index >= 15 is 0 Å². The molecule has 0 amide bonds. The molecule has 4 aromatic rings. The number of aryl methyl sites for hydroxylation is 2. The van der Waals surface area contributed by atoms with Crippen LogP contribution in [0.3, 0.4) is 0 Å². The van der Waals surface area contributed by atoms with E-state index in [-0.39, 0.29) is 5.91 Å². The Morgan fingerprint density at radius 3 is 2.88 bits per heavy atom. The van der Waals surface area contributed by atoms with Gasteiger partial charge in [-0.2, -0.15) is 0 Å². The van der Waals surface area contributed by atoms with E-state index in [0.717, 1.165) is 32.4 Å². The molecule has 1 aromatic carbocycles. The van der Waals surface area contributed by atoms with Crippen LogP contribution in [0.5, 0.6) is 0 Å². The number of nitrogens with zero attached hydrogens (tertiary/aromatic N) is 4. The molecule has 0 spiro atoms. The Bertz CT molecular complexity index is 1090. The Hall–Kier alpha value is -2.47. The Kier molecular flexibility index (Phi) is 3.49. The average Bonchev–Trinajstić information content (AvgIpc) is 3.15. The molecule has 4 rings (SSSR count). The second-order valence-corrected chi connectivity index (χ2v) is 6.62. The minimum absolute atomic E-state index is 0.120. The lowest BCUT2D eigenvalue weighted by Gasteiger charge is -2.06. The number of hydrogen-bond donors (Lipinski definition) is 0. The summed E-state index contributed by atoms with van der Waals surface area (Å²) in [5.41, 5.74) is 4.80.